The average molecular weight is 248 g/mol. The molecule has 0 heterocycles. The first-order valence-electron chi connectivity index (χ1n) is 5.99. The summed E-state index contributed by atoms with van der Waals surface area (Å²) < 4.78 is 0. The SMILES string of the molecule is NC(=O)c1ccc(C(=O)O)cc1NCCC1CC1. The summed E-state index contributed by atoms with van der Waals surface area (Å²) in [4.78, 5) is 22.1. The monoisotopic (exact) mass is 248 g/mol. The number of carboxylic acid groups (broad SMARTS) is 1. The zero-order valence-corrected chi connectivity index (χ0v) is 9.98. The lowest BCUT2D eigenvalue weighted by Gasteiger charge is -2.10. The summed E-state index contributed by atoms with van der Waals surface area (Å²) in [6, 6.07) is 4.29. The molecule has 1 aromatic carbocycles. The van der Waals surface area contributed by atoms with Crippen LogP contribution in [0.3, 0.4) is 0 Å². The summed E-state index contributed by atoms with van der Waals surface area (Å²) in [5.41, 5.74) is 6.24. The lowest BCUT2D eigenvalue weighted by Crippen LogP contribution is -2.16. The third-order valence-electron chi connectivity index (χ3n) is 3.10. The van der Waals surface area contributed by atoms with Crippen molar-refractivity contribution in [3.05, 3.63) is 29.3 Å². The molecule has 0 spiro atoms. The number of nitrogens with one attached hydrogen (secondary N) is 1. The van der Waals surface area contributed by atoms with Gasteiger partial charge >= 0.3 is 5.97 Å². The molecule has 1 aromatic rings. The molecule has 0 aliphatic heterocycles. The van der Waals surface area contributed by atoms with E-state index in [1.165, 1.54) is 31.0 Å². The lowest BCUT2D eigenvalue weighted by atomic mass is 10.1. The molecule has 1 amide bonds. The highest BCUT2D eigenvalue weighted by Gasteiger charge is 2.20. The zero-order chi connectivity index (χ0) is 13.1. The van der Waals surface area contributed by atoms with E-state index in [0.717, 1.165) is 18.9 Å². The maximum absolute atomic E-state index is 11.2. The molecule has 1 aliphatic rings. The fraction of sp³-hybridized carbons (Fsp3) is 0.385. The summed E-state index contributed by atoms with van der Waals surface area (Å²) in [5.74, 6) is -0.797. The minimum absolute atomic E-state index is 0.147. The average Bonchev–Trinajstić information content (AvgIpc) is 3.12. The Kier molecular flexibility index (Phi) is 3.50. The van der Waals surface area contributed by atoms with Crippen LogP contribution in [0.5, 0.6) is 0 Å². The van der Waals surface area contributed by atoms with E-state index in [1.54, 1.807) is 0 Å². The summed E-state index contributed by atoms with van der Waals surface area (Å²) in [5, 5.41) is 12.0. The van der Waals surface area contributed by atoms with Gasteiger partial charge in [0.1, 0.15) is 0 Å². The Morgan fingerprint density at radius 1 is 1.39 bits per heavy atom. The van der Waals surface area contributed by atoms with Gasteiger partial charge in [-0.2, -0.15) is 0 Å². The van der Waals surface area contributed by atoms with E-state index >= 15 is 0 Å². The van der Waals surface area contributed by atoms with Gasteiger partial charge in [0.05, 0.1) is 11.1 Å². The van der Waals surface area contributed by atoms with E-state index in [4.69, 9.17) is 10.8 Å². The Bertz CT molecular complexity index is 481. The number of carboxylic acids is 1. The number of hydrogen-bond donors (Lipinski definition) is 3. The molecule has 0 unspecified atom stereocenters. The fourth-order valence-corrected chi connectivity index (χ4v) is 1.86. The molecule has 1 saturated carbocycles. The van der Waals surface area contributed by atoms with Gasteiger partial charge in [-0.1, -0.05) is 12.8 Å². The maximum atomic E-state index is 11.2. The van der Waals surface area contributed by atoms with Crippen molar-refractivity contribution >= 4 is 17.6 Å². The fourth-order valence-electron chi connectivity index (χ4n) is 1.86. The van der Waals surface area contributed by atoms with Gasteiger partial charge < -0.3 is 16.2 Å². The van der Waals surface area contributed by atoms with E-state index in [9.17, 15) is 9.59 Å². The number of nitrogens with two attached hydrogens (primary N) is 1. The van der Waals surface area contributed by atoms with Crippen LogP contribution in [-0.4, -0.2) is 23.5 Å². The van der Waals surface area contributed by atoms with Crippen molar-refractivity contribution in [2.75, 3.05) is 11.9 Å². The van der Waals surface area contributed by atoms with Crippen molar-refractivity contribution in [3.8, 4) is 0 Å². The first kappa shape index (κ1) is 12.4. The van der Waals surface area contributed by atoms with Crippen LogP contribution in [0.2, 0.25) is 0 Å². The summed E-state index contributed by atoms with van der Waals surface area (Å²) in [6.45, 7) is 0.730. The number of hydrogen-bond acceptors (Lipinski definition) is 3. The van der Waals surface area contributed by atoms with Crippen LogP contribution in [0, 0.1) is 5.92 Å². The Labute approximate surface area is 105 Å². The molecule has 0 aromatic heterocycles. The molecule has 0 saturated heterocycles. The van der Waals surface area contributed by atoms with Crippen molar-refractivity contribution in [2.24, 2.45) is 11.7 Å². The Balaban J connectivity index is 2.13. The molecule has 0 atom stereocenters. The normalized spacial score (nSPS) is 14.2. The maximum Gasteiger partial charge on any atom is 0.335 e. The first-order chi connectivity index (χ1) is 8.58. The van der Waals surface area contributed by atoms with Crippen LogP contribution >= 0.6 is 0 Å². The third kappa shape index (κ3) is 3.00. The number of carbonyl (C=O) groups is 2. The lowest BCUT2D eigenvalue weighted by molar-refractivity contribution is 0.0696. The molecule has 4 N–H and O–H groups in total. The van der Waals surface area contributed by atoms with Crippen molar-refractivity contribution in [1.29, 1.82) is 0 Å². The van der Waals surface area contributed by atoms with E-state index in [-0.39, 0.29) is 5.56 Å². The summed E-state index contributed by atoms with van der Waals surface area (Å²) in [7, 11) is 0. The van der Waals surface area contributed by atoms with Crippen molar-refractivity contribution in [2.45, 2.75) is 19.3 Å². The second-order valence-corrected chi connectivity index (χ2v) is 4.59. The first-order valence-corrected chi connectivity index (χ1v) is 5.99. The van der Waals surface area contributed by atoms with Gasteiger partial charge in [0.15, 0.2) is 0 Å². The number of aromatic carboxylic acids is 1. The molecule has 18 heavy (non-hydrogen) atoms. The van der Waals surface area contributed by atoms with E-state index < -0.39 is 11.9 Å². The summed E-state index contributed by atoms with van der Waals surface area (Å²) in [6.07, 6.45) is 3.56. The second kappa shape index (κ2) is 5.08. The predicted molar refractivity (Wildman–Crippen MR) is 67.7 cm³/mol. The molecule has 5 nitrogen and oxygen atoms in total. The number of rotatable bonds is 6. The van der Waals surface area contributed by atoms with Gasteiger partial charge in [-0.25, -0.2) is 4.79 Å². The van der Waals surface area contributed by atoms with E-state index in [0.29, 0.717) is 11.3 Å². The molecular formula is C13H16N2O3. The van der Waals surface area contributed by atoms with Gasteiger partial charge in [0.25, 0.3) is 5.91 Å². The molecule has 5 heteroatoms. The Hall–Kier alpha value is -2.04. The van der Waals surface area contributed by atoms with Crippen LogP contribution in [0.15, 0.2) is 18.2 Å². The molecule has 1 aliphatic carbocycles. The van der Waals surface area contributed by atoms with Gasteiger partial charge in [0.2, 0.25) is 0 Å². The topological polar surface area (TPSA) is 92.4 Å². The van der Waals surface area contributed by atoms with Crippen molar-refractivity contribution in [1.82, 2.24) is 0 Å². The van der Waals surface area contributed by atoms with Gasteiger partial charge in [-0.3, -0.25) is 4.79 Å². The molecule has 1 fully saturated rings. The zero-order valence-electron chi connectivity index (χ0n) is 9.98. The van der Waals surface area contributed by atoms with Crippen LogP contribution < -0.4 is 11.1 Å². The van der Waals surface area contributed by atoms with E-state index in [1.807, 2.05) is 0 Å². The van der Waals surface area contributed by atoms with Crippen LogP contribution in [0.25, 0.3) is 0 Å². The predicted octanol–water partition coefficient (Wildman–Crippen LogP) is 1.70. The quantitative estimate of drug-likeness (QED) is 0.714. The number of anilines is 1. The van der Waals surface area contributed by atoms with Crippen molar-refractivity contribution < 1.29 is 14.7 Å². The summed E-state index contributed by atoms with van der Waals surface area (Å²) >= 11 is 0. The Morgan fingerprint density at radius 2 is 2.11 bits per heavy atom. The minimum Gasteiger partial charge on any atom is -0.478 e. The van der Waals surface area contributed by atoms with Crippen molar-refractivity contribution in [3.63, 3.8) is 0 Å². The van der Waals surface area contributed by atoms with E-state index in [2.05, 4.69) is 5.32 Å². The van der Waals surface area contributed by atoms with Crippen LogP contribution in [-0.2, 0) is 0 Å². The van der Waals surface area contributed by atoms with Gasteiger partial charge in [-0.15, -0.1) is 0 Å². The highest BCUT2D eigenvalue weighted by molar-refractivity contribution is 6.00. The highest BCUT2D eigenvalue weighted by Crippen LogP contribution is 2.32. The largest absolute Gasteiger partial charge is 0.478 e. The molecule has 0 bridgehead atoms. The molecule has 96 valence electrons. The smallest absolute Gasteiger partial charge is 0.335 e. The molecular weight excluding hydrogens is 232 g/mol. The number of carbonyl (C=O) groups excluding carboxylic acids is 1. The highest BCUT2D eigenvalue weighted by atomic mass is 16.4. The molecule has 0 radical (unpaired) electrons. The van der Waals surface area contributed by atoms with Crippen LogP contribution in [0.1, 0.15) is 40.0 Å². The van der Waals surface area contributed by atoms with Crippen LogP contribution in [0.4, 0.5) is 5.69 Å². The number of amides is 1. The van der Waals surface area contributed by atoms with Gasteiger partial charge in [-0.05, 0) is 30.5 Å². The van der Waals surface area contributed by atoms with Gasteiger partial charge in [0, 0.05) is 12.2 Å². The standard InChI is InChI=1S/C13H16N2O3/c14-12(16)10-4-3-9(13(17)18)7-11(10)15-6-5-8-1-2-8/h3-4,7-8,15H,1-2,5-6H2,(H2,14,16)(H,17,18). The minimum atomic E-state index is -1.02. The number of benzene rings is 1. The molecule has 2 rings (SSSR count). The third-order valence-corrected chi connectivity index (χ3v) is 3.10. The Morgan fingerprint density at radius 3 is 2.67 bits per heavy atom. The second-order valence-electron chi connectivity index (χ2n) is 4.59. The number of primary amides is 1.